The van der Waals surface area contributed by atoms with E-state index in [1.165, 1.54) is 39.1 Å². The van der Waals surface area contributed by atoms with Crippen molar-refractivity contribution in [3.05, 3.63) is 0 Å². The molecule has 15 heavy (non-hydrogen) atoms. The summed E-state index contributed by atoms with van der Waals surface area (Å²) in [6.07, 6.45) is 2.44. The van der Waals surface area contributed by atoms with Crippen molar-refractivity contribution in [2.45, 2.75) is 32.7 Å². The lowest BCUT2D eigenvalue weighted by Gasteiger charge is -2.23. The van der Waals surface area contributed by atoms with E-state index >= 15 is 0 Å². The van der Waals surface area contributed by atoms with Crippen LogP contribution in [0.15, 0.2) is 0 Å². The highest BCUT2D eigenvalue weighted by Crippen LogP contribution is 2.06. The molecule has 1 saturated heterocycles. The van der Waals surface area contributed by atoms with Crippen LogP contribution < -0.4 is 5.73 Å². The summed E-state index contributed by atoms with van der Waals surface area (Å²) in [6, 6.07) is 0.367. The van der Waals surface area contributed by atoms with Gasteiger partial charge in [0.25, 0.3) is 0 Å². The van der Waals surface area contributed by atoms with Crippen LogP contribution in [0.25, 0.3) is 0 Å². The zero-order valence-electron chi connectivity index (χ0n) is 10.6. The molecular formula is C12H27N3. The van der Waals surface area contributed by atoms with Crippen LogP contribution in [0.5, 0.6) is 0 Å². The Balaban J connectivity index is 2.20. The van der Waals surface area contributed by atoms with Crippen LogP contribution in [-0.4, -0.2) is 55.6 Å². The number of rotatable bonds is 4. The van der Waals surface area contributed by atoms with E-state index in [0.29, 0.717) is 12.0 Å². The van der Waals surface area contributed by atoms with Gasteiger partial charge in [0.2, 0.25) is 0 Å². The Morgan fingerprint density at radius 3 is 2.53 bits per heavy atom. The van der Waals surface area contributed by atoms with Crippen LogP contribution >= 0.6 is 0 Å². The number of nitrogens with zero attached hydrogens (tertiary/aromatic N) is 2. The summed E-state index contributed by atoms with van der Waals surface area (Å²) >= 11 is 0. The molecule has 1 rings (SSSR count). The molecule has 90 valence electrons. The van der Waals surface area contributed by atoms with E-state index in [1.54, 1.807) is 0 Å². The van der Waals surface area contributed by atoms with E-state index in [0.717, 1.165) is 6.42 Å². The zero-order valence-corrected chi connectivity index (χ0v) is 10.6. The molecule has 1 atom stereocenters. The maximum absolute atomic E-state index is 6.06. The van der Waals surface area contributed by atoms with Gasteiger partial charge in [-0.2, -0.15) is 0 Å². The van der Waals surface area contributed by atoms with Gasteiger partial charge in [0.1, 0.15) is 0 Å². The molecule has 1 aliphatic heterocycles. The summed E-state index contributed by atoms with van der Waals surface area (Å²) in [5.74, 6) is 0.611. The summed E-state index contributed by atoms with van der Waals surface area (Å²) in [6.45, 7) is 10.5. The van der Waals surface area contributed by atoms with Crippen molar-refractivity contribution in [3.8, 4) is 0 Å². The first kappa shape index (κ1) is 12.9. The average molecular weight is 213 g/mol. The molecule has 0 radical (unpaired) electrons. The van der Waals surface area contributed by atoms with Crippen LogP contribution in [0, 0.1) is 5.92 Å². The fourth-order valence-electron chi connectivity index (χ4n) is 1.99. The van der Waals surface area contributed by atoms with Gasteiger partial charge in [-0.1, -0.05) is 13.8 Å². The Labute approximate surface area is 94.6 Å². The summed E-state index contributed by atoms with van der Waals surface area (Å²) in [7, 11) is 2.21. The number of nitrogens with two attached hydrogens (primary N) is 1. The van der Waals surface area contributed by atoms with E-state index in [2.05, 4.69) is 30.7 Å². The van der Waals surface area contributed by atoms with E-state index in [9.17, 15) is 0 Å². The van der Waals surface area contributed by atoms with Gasteiger partial charge in [-0.25, -0.2) is 0 Å². The van der Waals surface area contributed by atoms with Gasteiger partial charge in [-0.15, -0.1) is 0 Å². The molecule has 1 fully saturated rings. The first-order valence-corrected chi connectivity index (χ1v) is 6.26. The molecular weight excluding hydrogens is 186 g/mol. The molecule has 0 spiro atoms. The first-order valence-electron chi connectivity index (χ1n) is 6.26. The minimum absolute atomic E-state index is 0.367. The highest BCUT2D eigenvalue weighted by atomic mass is 15.2. The second-order valence-corrected chi connectivity index (χ2v) is 5.20. The van der Waals surface area contributed by atoms with Crippen molar-refractivity contribution in [3.63, 3.8) is 0 Å². The van der Waals surface area contributed by atoms with Crippen LogP contribution in [0.1, 0.15) is 26.7 Å². The molecule has 0 aromatic heterocycles. The minimum Gasteiger partial charge on any atom is -0.327 e. The largest absolute Gasteiger partial charge is 0.327 e. The molecule has 1 heterocycles. The van der Waals surface area contributed by atoms with Crippen LogP contribution in [0.4, 0.5) is 0 Å². The van der Waals surface area contributed by atoms with Gasteiger partial charge in [0.05, 0.1) is 0 Å². The predicted octanol–water partition coefficient (Wildman–Crippen LogP) is 0.997. The Morgan fingerprint density at radius 2 is 1.87 bits per heavy atom. The molecule has 0 aliphatic carbocycles. The molecule has 0 amide bonds. The van der Waals surface area contributed by atoms with Crippen molar-refractivity contribution in [2.24, 2.45) is 11.7 Å². The third kappa shape index (κ3) is 4.96. The molecule has 0 aromatic carbocycles. The van der Waals surface area contributed by atoms with Crippen molar-refractivity contribution >= 4 is 0 Å². The number of hydrogen-bond acceptors (Lipinski definition) is 3. The molecule has 0 unspecified atom stereocenters. The highest BCUT2D eigenvalue weighted by molar-refractivity contribution is 4.71. The lowest BCUT2D eigenvalue weighted by molar-refractivity contribution is 0.258. The average Bonchev–Trinajstić information content (AvgIpc) is 2.39. The fraction of sp³-hybridized carbons (Fsp3) is 1.00. The quantitative estimate of drug-likeness (QED) is 0.756. The third-order valence-corrected chi connectivity index (χ3v) is 3.45. The van der Waals surface area contributed by atoms with Gasteiger partial charge in [-0.3, -0.25) is 0 Å². The van der Waals surface area contributed by atoms with Crippen molar-refractivity contribution in [1.29, 1.82) is 0 Å². The Morgan fingerprint density at radius 1 is 1.13 bits per heavy atom. The molecule has 3 heteroatoms. The van der Waals surface area contributed by atoms with E-state index < -0.39 is 0 Å². The Bertz CT molecular complexity index is 170. The molecule has 0 aromatic rings. The predicted molar refractivity (Wildman–Crippen MR) is 66.0 cm³/mol. The second kappa shape index (κ2) is 6.46. The third-order valence-electron chi connectivity index (χ3n) is 3.45. The van der Waals surface area contributed by atoms with Crippen LogP contribution in [0.2, 0.25) is 0 Å². The Kier molecular flexibility index (Phi) is 5.58. The summed E-state index contributed by atoms with van der Waals surface area (Å²) in [4.78, 5) is 4.98. The summed E-state index contributed by atoms with van der Waals surface area (Å²) in [5.41, 5.74) is 6.06. The van der Waals surface area contributed by atoms with Gasteiger partial charge in [-0.05, 0) is 45.4 Å². The molecule has 2 N–H and O–H groups in total. The smallest absolute Gasteiger partial charge is 0.0109 e. The maximum atomic E-state index is 6.06. The zero-order chi connectivity index (χ0) is 11.3. The van der Waals surface area contributed by atoms with E-state index in [-0.39, 0.29) is 0 Å². The molecule has 1 aliphatic rings. The lowest BCUT2D eigenvalue weighted by atomic mass is 10.0. The topological polar surface area (TPSA) is 32.5 Å². The number of likely N-dealkylation sites (N-methyl/N-ethyl adjacent to an activating group) is 1. The lowest BCUT2D eigenvalue weighted by Crippen LogP contribution is -2.35. The SMILES string of the molecule is CC(C)[C@@H](N)CCN1CCCN(C)CC1. The van der Waals surface area contributed by atoms with E-state index in [4.69, 9.17) is 5.73 Å². The van der Waals surface area contributed by atoms with Crippen molar-refractivity contribution < 1.29 is 0 Å². The second-order valence-electron chi connectivity index (χ2n) is 5.20. The molecule has 0 saturated carbocycles. The normalized spacial score (nSPS) is 23.0. The van der Waals surface area contributed by atoms with E-state index in [1.807, 2.05) is 0 Å². The Hall–Kier alpha value is -0.120. The molecule has 0 bridgehead atoms. The van der Waals surface area contributed by atoms with Crippen LogP contribution in [-0.2, 0) is 0 Å². The monoisotopic (exact) mass is 213 g/mol. The van der Waals surface area contributed by atoms with Gasteiger partial charge in [0.15, 0.2) is 0 Å². The van der Waals surface area contributed by atoms with Gasteiger partial charge >= 0.3 is 0 Å². The first-order chi connectivity index (χ1) is 7.09. The van der Waals surface area contributed by atoms with Crippen molar-refractivity contribution in [1.82, 2.24) is 9.80 Å². The maximum Gasteiger partial charge on any atom is 0.0109 e. The van der Waals surface area contributed by atoms with Gasteiger partial charge < -0.3 is 15.5 Å². The highest BCUT2D eigenvalue weighted by Gasteiger charge is 2.14. The fourth-order valence-corrected chi connectivity index (χ4v) is 1.99. The summed E-state index contributed by atoms with van der Waals surface area (Å²) < 4.78 is 0. The standard InChI is InChI=1S/C12H27N3/c1-11(2)12(13)5-8-15-7-4-6-14(3)9-10-15/h11-12H,4-10,13H2,1-3H3/t12-/m0/s1. The molecule has 3 nitrogen and oxygen atoms in total. The van der Waals surface area contributed by atoms with Crippen LogP contribution in [0.3, 0.4) is 0 Å². The number of hydrogen-bond donors (Lipinski definition) is 1. The summed E-state index contributed by atoms with van der Waals surface area (Å²) in [5, 5.41) is 0. The van der Waals surface area contributed by atoms with Crippen molar-refractivity contribution in [2.75, 3.05) is 39.8 Å². The minimum atomic E-state index is 0.367. The van der Waals surface area contributed by atoms with Gasteiger partial charge in [0, 0.05) is 19.1 Å².